The number of hydrogen-bond acceptors (Lipinski definition) is 5. The van der Waals surface area contributed by atoms with E-state index in [0.29, 0.717) is 30.1 Å². The Morgan fingerprint density at radius 2 is 1.94 bits per heavy atom. The molecule has 0 radical (unpaired) electrons. The number of nitrogens with zero attached hydrogens (tertiary/aromatic N) is 4. The number of amidine groups is 1. The van der Waals surface area contributed by atoms with Gasteiger partial charge in [0.05, 0.1) is 19.3 Å². The van der Waals surface area contributed by atoms with Crippen molar-refractivity contribution >= 4 is 11.9 Å². The number of oxime groups is 1. The summed E-state index contributed by atoms with van der Waals surface area (Å²) in [6.45, 7) is 0.931. The molecule has 1 fully saturated rings. The lowest BCUT2D eigenvalue weighted by Crippen LogP contribution is -2.39. The summed E-state index contributed by atoms with van der Waals surface area (Å²) in [7, 11) is 3.49. The van der Waals surface area contributed by atoms with Gasteiger partial charge in [-0.25, -0.2) is 13.2 Å². The summed E-state index contributed by atoms with van der Waals surface area (Å²) in [6.07, 6.45) is 7.81. The van der Waals surface area contributed by atoms with Crippen molar-refractivity contribution < 1.29 is 22.7 Å². The van der Waals surface area contributed by atoms with Crippen LogP contribution in [0.5, 0.6) is 5.75 Å². The number of rotatable bonds is 4. The fourth-order valence-electron chi connectivity index (χ4n) is 4.73. The van der Waals surface area contributed by atoms with E-state index in [1.807, 2.05) is 42.4 Å². The number of hydrogen-bond donors (Lipinski definition) is 0. The lowest BCUT2D eigenvalue weighted by Gasteiger charge is -2.36. The minimum atomic E-state index is -1.46. The van der Waals surface area contributed by atoms with Gasteiger partial charge in [-0.05, 0) is 59.9 Å². The molecule has 9 heteroatoms. The van der Waals surface area contributed by atoms with Crippen LogP contribution in [-0.2, 0) is 11.9 Å². The molecule has 6 nitrogen and oxygen atoms in total. The van der Waals surface area contributed by atoms with Crippen molar-refractivity contribution in [1.29, 1.82) is 0 Å². The number of aryl methyl sites for hydroxylation is 1. The third-order valence-corrected chi connectivity index (χ3v) is 6.39. The predicted molar refractivity (Wildman–Crippen MR) is 126 cm³/mol. The van der Waals surface area contributed by atoms with E-state index in [1.54, 1.807) is 18.0 Å². The van der Waals surface area contributed by atoms with E-state index >= 15 is 0 Å². The molecule has 182 valence electrons. The zero-order valence-corrected chi connectivity index (χ0v) is 19.5. The Bertz CT molecular complexity index is 1290. The number of fused-ring (bicyclic) bond motifs is 1. The summed E-state index contributed by atoms with van der Waals surface area (Å²) in [5.41, 5.74) is 4.12. The van der Waals surface area contributed by atoms with Gasteiger partial charge < -0.3 is 14.5 Å². The number of halogens is 3. The normalized spacial score (nSPS) is 19.1. The lowest BCUT2D eigenvalue weighted by molar-refractivity contribution is 0.140. The number of ether oxygens (including phenoxy) is 1. The van der Waals surface area contributed by atoms with Gasteiger partial charge in [0.25, 0.3) is 0 Å². The van der Waals surface area contributed by atoms with Crippen LogP contribution in [-0.4, -0.2) is 40.8 Å². The predicted octanol–water partition coefficient (Wildman–Crippen LogP) is 5.47. The highest BCUT2D eigenvalue weighted by molar-refractivity contribution is 6.02. The molecule has 1 saturated heterocycles. The first-order valence-corrected chi connectivity index (χ1v) is 11.4. The molecule has 0 bridgehead atoms. The molecule has 2 aliphatic rings. The third-order valence-electron chi connectivity index (χ3n) is 6.39. The standard InChI is InChI=1S/C26H25F3N4O2/c1-32-15-19(14-30-32)20-6-5-16(11-24(20)34-2)10-17-4-3-8-33-23(7-9-35-31-26(17)33)18-12-21(27)25(29)22(28)13-18/h5-6,10-15,23H,3-4,7-9H2,1-2H3/b17-10+. The van der Waals surface area contributed by atoms with Crippen LogP contribution in [0.1, 0.15) is 36.4 Å². The molecule has 3 heterocycles. The largest absolute Gasteiger partial charge is 0.496 e. The van der Waals surface area contributed by atoms with Crippen LogP contribution in [0.4, 0.5) is 13.2 Å². The van der Waals surface area contributed by atoms with Gasteiger partial charge in [0.1, 0.15) is 12.4 Å². The first-order chi connectivity index (χ1) is 16.9. The van der Waals surface area contributed by atoms with Crippen LogP contribution in [0, 0.1) is 17.5 Å². The van der Waals surface area contributed by atoms with Gasteiger partial charge in [0, 0.05) is 37.3 Å². The molecule has 1 atom stereocenters. The Morgan fingerprint density at radius 3 is 2.66 bits per heavy atom. The van der Waals surface area contributed by atoms with Gasteiger partial charge >= 0.3 is 0 Å². The van der Waals surface area contributed by atoms with Crippen molar-refractivity contribution in [3.05, 3.63) is 76.9 Å². The summed E-state index contributed by atoms with van der Waals surface area (Å²) in [4.78, 5) is 7.50. The van der Waals surface area contributed by atoms with Crippen molar-refractivity contribution in [2.45, 2.75) is 25.3 Å². The van der Waals surface area contributed by atoms with Crippen LogP contribution in [0.15, 0.2) is 53.5 Å². The highest BCUT2D eigenvalue weighted by atomic mass is 19.2. The van der Waals surface area contributed by atoms with E-state index < -0.39 is 17.5 Å². The van der Waals surface area contributed by atoms with Gasteiger partial charge in [-0.2, -0.15) is 5.10 Å². The minimum absolute atomic E-state index is 0.284. The molecule has 0 spiro atoms. The number of piperidine rings is 1. The van der Waals surface area contributed by atoms with Crippen LogP contribution in [0.25, 0.3) is 17.2 Å². The average Bonchev–Trinajstić information content (AvgIpc) is 3.16. The third kappa shape index (κ3) is 4.50. The summed E-state index contributed by atoms with van der Waals surface area (Å²) in [5.74, 6) is -2.52. The Morgan fingerprint density at radius 1 is 1.14 bits per heavy atom. The van der Waals surface area contributed by atoms with Crippen molar-refractivity contribution in [2.24, 2.45) is 12.2 Å². The molecule has 35 heavy (non-hydrogen) atoms. The number of methoxy groups -OCH3 is 1. The maximum atomic E-state index is 14.0. The fraction of sp³-hybridized carbons (Fsp3) is 0.308. The summed E-state index contributed by atoms with van der Waals surface area (Å²) < 4.78 is 48.9. The van der Waals surface area contributed by atoms with E-state index in [9.17, 15) is 13.2 Å². The van der Waals surface area contributed by atoms with E-state index in [2.05, 4.69) is 10.3 Å². The summed E-state index contributed by atoms with van der Waals surface area (Å²) >= 11 is 0. The fourth-order valence-corrected chi connectivity index (χ4v) is 4.73. The quantitative estimate of drug-likeness (QED) is 0.463. The second kappa shape index (κ2) is 9.48. The highest BCUT2D eigenvalue weighted by Gasteiger charge is 2.32. The maximum Gasteiger partial charge on any atom is 0.194 e. The van der Waals surface area contributed by atoms with Crippen LogP contribution in [0.3, 0.4) is 0 Å². The molecule has 3 aromatic rings. The molecular weight excluding hydrogens is 457 g/mol. The SMILES string of the molecule is COc1cc(/C=C2\CCCN3C2=NOCCC3c2cc(F)c(F)c(F)c2)ccc1-c1cnn(C)c1. The molecule has 0 amide bonds. The van der Waals surface area contributed by atoms with Crippen molar-refractivity contribution in [3.63, 3.8) is 0 Å². The highest BCUT2D eigenvalue weighted by Crippen LogP contribution is 2.36. The molecule has 0 saturated carbocycles. The Hall–Kier alpha value is -3.75. The molecular formula is C26H25F3N4O2. The molecule has 0 aliphatic carbocycles. The summed E-state index contributed by atoms with van der Waals surface area (Å²) in [5, 5.41) is 8.57. The first kappa shape index (κ1) is 23.0. The van der Waals surface area contributed by atoms with Crippen LogP contribution >= 0.6 is 0 Å². The van der Waals surface area contributed by atoms with Crippen molar-refractivity contribution in [3.8, 4) is 16.9 Å². The summed E-state index contributed by atoms with van der Waals surface area (Å²) in [6, 6.07) is 7.68. The minimum Gasteiger partial charge on any atom is -0.496 e. The van der Waals surface area contributed by atoms with Crippen molar-refractivity contribution in [2.75, 3.05) is 20.3 Å². The van der Waals surface area contributed by atoms with Gasteiger partial charge in [-0.15, -0.1) is 0 Å². The maximum absolute atomic E-state index is 14.0. The molecule has 5 rings (SSSR count). The van der Waals surface area contributed by atoms with Gasteiger partial charge in [0.15, 0.2) is 23.3 Å². The van der Waals surface area contributed by atoms with Crippen molar-refractivity contribution in [1.82, 2.24) is 14.7 Å². The van der Waals surface area contributed by atoms with E-state index in [1.165, 1.54) is 0 Å². The monoisotopic (exact) mass is 482 g/mol. The molecule has 2 aromatic carbocycles. The number of aromatic nitrogens is 2. The smallest absolute Gasteiger partial charge is 0.194 e. The van der Waals surface area contributed by atoms with Crippen LogP contribution in [0.2, 0.25) is 0 Å². The van der Waals surface area contributed by atoms with E-state index in [0.717, 1.165) is 47.2 Å². The number of benzene rings is 2. The Balaban J connectivity index is 1.48. The molecule has 1 unspecified atom stereocenters. The van der Waals surface area contributed by atoms with Gasteiger partial charge in [0.2, 0.25) is 0 Å². The van der Waals surface area contributed by atoms with E-state index in [-0.39, 0.29) is 12.6 Å². The van der Waals surface area contributed by atoms with Crippen LogP contribution < -0.4 is 4.74 Å². The second-order valence-corrected chi connectivity index (χ2v) is 8.68. The average molecular weight is 483 g/mol. The Labute approximate surface area is 201 Å². The molecule has 1 aromatic heterocycles. The topological polar surface area (TPSA) is 51.9 Å². The zero-order valence-electron chi connectivity index (χ0n) is 19.5. The van der Waals surface area contributed by atoms with Gasteiger partial charge in [-0.3, -0.25) is 4.68 Å². The Kier molecular flexibility index (Phi) is 6.23. The first-order valence-electron chi connectivity index (χ1n) is 11.4. The molecule has 2 aliphatic heterocycles. The second-order valence-electron chi connectivity index (χ2n) is 8.68. The van der Waals surface area contributed by atoms with Gasteiger partial charge in [-0.1, -0.05) is 11.2 Å². The lowest BCUT2D eigenvalue weighted by atomic mass is 9.94. The van der Waals surface area contributed by atoms with E-state index in [4.69, 9.17) is 9.57 Å². The molecule has 0 N–H and O–H groups in total. The zero-order chi connectivity index (χ0) is 24.5.